The second-order valence-corrected chi connectivity index (χ2v) is 5.07. The maximum atomic E-state index is 6.00. The number of rotatable bonds is 4. The fraction of sp³-hybridized carbons (Fsp3) is 0.214. The molecule has 3 rings (SSSR count). The van der Waals surface area contributed by atoms with E-state index in [0.717, 1.165) is 27.4 Å². The van der Waals surface area contributed by atoms with E-state index in [0.29, 0.717) is 12.5 Å². The maximum Gasteiger partial charge on any atom is 0.226 e. The van der Waals surface area contributed by atoms with Crippen molar-refractivity contribution < 1.29 is 0 Å². The Labute approximate surface area is 127 Å². The van der Waals surface area contributed by atoms with E-state index in [2.05, 4.69) is 25.7 Å². The lowest BCUT2D eigenvalue weighted by molar-refractivity contribution is 0.786. The Morgan fingerprint density at radius 1 is 1.29 bits per heavy atom. The molecule has 0 fully saturated rings. The molecule has 6 nitrogen and oxygen atoms in total. The number of hydrogen-bond donors (Lipinski definition) is 2. The van der Waals surface area contributed by atoms with Crippen LogP contribution in [0, 0.1) is 0 Å². The highest BCUT2D eigenvalue weighted by atomic mass is 35.5. The summed E-state index contributed by atoms with van der Waals surface area (Å²) in [6.07, 6.45) is 1.76. The van der Waals surface area contributed by atoms with Crippen LogP contribution >= 0.6 is 11.6 Å². The van der Waals surface area contributed by atoms with Crippen molar-refractivity contribution in [2.75, 3.05) is 17.7 Å². The molecule has 0 amide bonds. The summed E-state index contributed by atoms with van der Waals surface area (Å²) < 4.78 is 1.72. The fourth-order valence-corrected chi connectivity index (χ4v) is 2.31. The predicted molar refractivity (Wildman–Crippen MR) is 84.6 cm³/mol. The summed E-state index contributed by atoms with van der Waals surface area (Å²) >= 11 is 6.00. The lowest BCUT2D eigenvalue weighted by Crippen LogP contribution is -2.06. The topological polar surface area (TPSA) is 67.7 Å². The summed E-state index contributed by atoms with van der Waals surface area (Å²) in [6, 6.07) is 7.72. The minimum absolute atomic E-state index is 0.555. The summed E-state index contributed by atoms with van der Waals surface area (Å²) in [7, 11) is 3.65. The standard InChI is InChI=1S/C14H15ClN6/c1-16-14-19-12(11-8-18-21(2)13(11)20-14)17-7-9-4-3-5-10(15)6-9/h3-6,8H,7H2,1-2H3,(H2,16,17,19,20). The van der Waals surface area contributed by atoms with Crippen molar-refractivity contribution in [1.82, 2.24) is 19.7 Å². The van der Waals surface area contributed by atoms with Gasteiger partial charge in [0, 0.05) is 25.7 Å². The van der Waals surface area contributed by atoms with E-state index in [1.807, 2.05) is 31.3 Å². The Morgan fingerprint density at radius 2 is 2.14 bits per heavy atom. The van der Waals surface area contributed by atoms with Crippen LogP contribution in [0.25, 0.3) is 11.0 Å². The molecule has 2 N–H and O–H groups in total. The van der Waals surface area contributed by atoms with Gasteiger partial charge in [-0.1, -0.05) is 23.7 Å². The molecule has 0 aliphatic rings. The van der Waals surface area contributed by atoms with E-state index >= 15 is 0 Å². The van der Waals surface area contributed by atoms with Crippen molar-refractivity contribution in [3.05, 3.63) is 41.0 Å². The van der Waals surface area contributed by atoms with Gasteiger partial charge in [0.15, 0.2) is 5.65 Å². The van der Waals surface area contributed by atoms with Crippen LogP contribution in [0.5, 0.6) is 0 Å². The molecule has 0 bridgehead atoms. The molecule has 108 valence electrons. The third kappa shape index (κ3) is 2.75. The van der Waals surface area contributed by atoms with Crippen molar-refractivity contribution in [3.63, 3.8) is 0 Å². The van der Waals surface area contributed by atoms with Gasteiger partial charge in [-0.3, -0.25) is 4.68 Å². The normalized spacial score (nSPS) is 10.8. The second-order valence-electron chi connectivity index (χ2n) is 4.63. The SMILES string of the molecule is CNc1nc(NCc2cccc(Cl)c2)c2cnn(C)c2n1. The molecule has 3 aromatic rings. The van der Waals surface area contributed by atoms with Crippen LogP contribution < -0.4 is 10.6 Å². The first-order valence-electron chi connectivity index (χ1n) is 6.53. The Hall–Kier alpha value is -2.34. The van der Waals surface area contributed by atoms with Gasteiger partial charge >= 0.3 is 0 Å². The van der Waals surface area contributed by atoms with Crippen LogP contribution in [0.3, 0.4) is 0 Å². The van der Waals surface area contributed by atoms with E-state index in [1.165, 1.54) is 0 Å². The second kappa shape index (κ2) is 5.57. The number of benzene rings is 1. The Morgan fingerprint density at radius 3 is 2.90 bits per heavy atom. The van der Waals surface area contributed by atoms with Crippen molar-refractivity contribution in [2.24, 2.45) is 7.05 Å². The van der Waals surface area contributed by atoms with Crippen molar-refractivity contribution in [1.29, 1.82) is 0 Å². The number of aromatic nitrogens is 4. The maximum absolute atomic E-state index is 6.00. The zero-order valence-electron chi connectivity index (χ0n) is 11.8. The van der Waals surface area contributed by atoms with Crippen LogP contribution in [-0.4, -0.2) is 26.8 Å². The lowest BCUT2D eigenvalue weighted by Gasteiger charge is -2.09. The molecule has 0 radical (unpaired) electrons. The molecule has 2 heterocycles. The summed E-state index contributed by atoms with van der Waals surface area (Å²) in [5, 5.41) is 12.1. The largest absolute Gasteiger partial charge is 0.365 e. The zero-order valence-corrected chi connectivity index (χ0v) is 12.5. The summed E-state index contributed by atoms with van der Waals surface area (Å²) in [5.41, 5.74) is 1.87. The van der Waals surface area contributed by atoms with Gasteiger partial charge in [-0.15, -0.1) is 0 Å². The molecule has 2 aromatic heterocycles. The number of anilines is 2. The number of halogens is 1. The van der Waals surface area contributed by atoms with Crippen molar-refractivity contribution >= 4 is 34.4 Å². The average Bonchev–Trinajstić information content (AvgIpc) is 2.86. The predicted octanol–water partition coefficient (Wildman–Crippen LogP) is 2.67. The Balaban J connectivity index is 1.92. The van der Waals surface area contributed by atoms with E-state index in [4.69, 9.17) is 11.6 Å². The van der Waals surface area contributed by atoms with Gasteiger partial charge in [0.05, 0.1) is 11.6 Å². The van der Waals surface area contributed by atoms with Gasteiger partial charge < -0.3 is 10.6 Å². The number of hydrogen-bond acceptors (Lipinski definition) is 5. The highest BCUT2D eigenvalue weighted by molar-refractivity contribution is 6.30. The molecule has 0 saturated heterocycles. The molecule has 7 heteroatoms. The smallest absolute Gasteiger partial charge is 0.226 e. The first-order valence-corrected chi connectivity index (χ1v) is 6.91. The van der Waals surface area contributed by atoms with Crippen molar-refractivity contribution in [2.45, 2.75) is 6.54 Å². The highest BCUT2D eigenvalue weighted by Crippen LogP contribution is 2.22. The third-order valence-electron chi connectivity index (χ3n) is 3.16. The number of aryl methyl sites for hydroxylation is 1. The molecule has 21 heavy (non-hydrogen) atoms. The van der Waals surface area contributed by atoms with E-state index in [-0.39, 0.29) is 0 Å². The Kier molecular flexibility index (Phi) is 3.62. The molecular formula is C14H15ClN6. The highest BCUT2D eigenvalue weighted by Gasteiger charge is 2.10. The van der Waals surface area contributed by atoms with Gasteiger partial charge in [-0.2, -0.15) is 15.1 Å². The molecule has 0 aliphatic heterocycles. The molecule has 1 aromatic carbocycles. The third-order valence-corrected chi connectivity index (χ3v) is 3.40. The molecule has 0 spiro atoms. The van der Waals surface area contributed by atoms with E-state index < -0.39 is 0 Å². The van der Waals surface area contributed by atoms with Crippen molar-refractivity contribution in [3.8, 4) is 0 Å². The number of nitrogens with one attached hydrogen (secondary N) is 2. The number of nitrogens with zero attached hydrogens (tertiary/aromatic N) is 4. The first-order chi connectivity index (χ1) is 10.2. The molecule has 0 atom stereocenters. The quantitative estimate of drug-likeness (QED) is 0.775. The van der Waals surface area contributed by atoms with Crippen LogP contribution in [-0.2, 0) is 13.6 Å². The van der Waals surface area contributed by atoms with Gasteiger partial charge in [0.2, 0.25) is 5.95 Å². The molecular weight excluding hydrogens is 288 g/mol. The first kappa shape index (κ1) is 13.6. The van der Waals surface area contributed by atoms with E-state index in [1.54, 1.807) is 17.9 Å². The molecule has 0 unspecified atom stereocenters. The van der Waals surface area contributed by atoms with Gasteiger partial charge in [-0.25, -0.2) is 0 Å². The van der Waals surface area contributed by atoms with Gasteiger partial charge in [-0.05, 0) is 17.7 Å². The van der Waals surface area contributed by atoms with Gasteiger partial charge in [0.25, 0.3) is 0 Å². The lowest BCUT2D eigenvalue weighted by atomic mass is 10.2. The zero-order chi connectivity index (χ0) is 14.8. The Bertz CT molecular complexity index is 782. The average molecular weight is 303 g/mol. The van der Waals surface area contributed by atoms with E-state index in [9.17, 15) is 0 Å². The summed E-state index contributed by atoms with van der Waals surface area (Å²) in [4.78, 5) is 8.85. The summed E-state index contributed by atoms with van der Waals surface area (Å²) in [5.74, 6) is 1.30. The molecule has 0 aliphatic carbocycles. The van der Waals surface area contributed by atoms with Crippen LogP contribution in [0.4, 0.5) is 11.8 Å². The minimum atomic E-state index is 0.555. The minimum Gasteiger partial charge on any atom is -0.365 e. The van der Waals surface area contributed by atoms with Crippen LogP contribution in [0.2, 0.25) is 5.02 Å². The van der Waals surface area contributed by atoms with Gasteiger partial charge in [0.1, 0.15) is 5.82 Å². The fourth-order valence-electron chi connectivity index (χ4n) is 2.10. The van der Waals surface area contributed by atoms with Crippen LogP contribution in [0.15, 0.2) is 30.5 Å². The monoisotopic (exact) mass is 302 g/mol. The number of fused-ring (bicyclic) bond motifs is 1. The van der Waals surface area contributed by atoms with Crippen LogP contribution in [0.1, 0.15) is 5.56 Å². The molecule has 0 saturated carbocycles. The summed E-state index contributed by atoms with van der Waals surface area (Å²) in [6.45, 7) is 0.630.